The highest BCUT2D eigenvalue weighted by Crippen LogP contribution is 2.53. The third-order valence-corrected chi connectivity index (χ3v) is 3.97. The van der Waals surface area contributed by atoms with E-state index in [0.717, 1.165) is 6.08 Å². The van der Waals surface area contributed by atoms with Gasteiger partial charge in [-0.15, -0.1) is 0 Å². The standard InChI is InChI=1S/C13H14FNO3/c1-12(13(7-15)4-5-18-8-13)3-2-9(11(16)17)6-10(12)14/h2-3,6,9H,4-5,8H2,1H3,(H,16,17). The molecule has 0 spiro atoms. The lowest BCUT2D eigenvalue weighted by Crippen LogP contribution is -2.40. The molecule has 3 atom stereocenters. The summed E-state index contributed by atoms with van der Waals surface area (Å²) in [6.07, 6.45) is 4.45. The van der Waals surface area contributed by atoms with Crippen LogP contribution in [0, 0.1) is 28.1 Å². The summed E-state index contributed by atoms with van der Waals surface area (Å²) in [6.45, 7) is 2.21. The van der Waals surface area contributed by atoms with Gasteiger partial charge in [0.1, 0.15) is 5.83 Å². The molecule has 1 saturated heterocycles. The summed E-state index contributed by atoms with van der Waals surface area (Å²) < 4.78 is 19.5. The largest absolute Gasteiger partial charge is 0.481 e. The Kier molecular flexibility index (Phi) is 2.99. The van der Waals surface area contributed by atoms with Crippen molar-refractivity contribution in [2.24, 2.45) is 16.7 Å². The number of carbonyl (C=O) groups is 1. The molecule has 1 N–H and O–H groups in total. The van der Waals surface area contributed by atoms with Crippen LogP contribution in [0.4, 0.5) is 4.39 Å². The molecule has 0 amide bonds. The van der Waals surface area contributed by atoms with Crippen molar-refractivity contribution in [3.8, 4) is 6.07 Å². The lowest BCUT2D eigenvalue weighted by Gasteiger charge is -2.39. The summed E-state index contributed by atoms with van der Waals surface area (Å²) in [5.74, 6) is -2.63. The number of hydrogen-bond acceptors (Lipinski definition) is 3. The molecule has 0 saturated carbocycles. The molecule has 0 radical (unpaired) electrons. The summed E-state index contributed by atoms with van der Waals surface area (Å²) in [5, 5.41) is 18.2. The average Bonchev–Trinajstić information content (AvgIpc) is 2.82. The maximum absolute atomic E-state index is 14.3. The monoisotopic (exact) mass is 251 g/mol. The SMILES string of the molecule is CC1(C2(C#N)CCOC2)C=CC(C(=O)O)C=C1F. The number of halogens is 1. The van der Waals surface area contributed by atoms with E-state index in [1.54, 1.807) is 6.92 Å². The Morgan fingerprint density at radius 1 is 1.72 bits per heavy atom. The fourth-order valence-electron chi connectivity index (χ4n) is 2.48. The normalized spacial score (nSPS) is 39.2. The van der Waals surface area contributed by atoms with Gasteiger partial charge in [0, 0.05) is 6.61 Å². The maximum Gasteiger partial charge on any atom is 0.314 e. The molecule has 1 aliphatic carbocycles. The zero-order chi connectivity index (χ0) is 13.4. The van der Waals surface area contributed by atoms with Crippen LogP contribution in [0.15, 0.2) is 24.1 Å². The minimum absolute atomic E-state index is 0.170. The summed E-state index contributed by atoms with van der Waals surface area (Å²) in [7, 11) is 0. The van der Waals surface area contributed by atoms with Crippen LogP contribution in [0.25, 0.3) is 0 Å². The molecule has 0 aromatic rings. The molecule has 5 heteroatoms. The molecule has 0 bridgehead atoms. The van der Waals surface area contributed by atoms with Crippen molar-refractivity contribution >= 4 is 5.97 Å². The van der Waals surface area contributed by atoms with Crippen molar-refractivity contribution in [2.75, 3.05) is 13.2 Å². The molecule has 2 rings (SSSR count). The van der Waals surface area contributed by atoms with E-state index in [1.807, 2.05) is 0 Å². The third kappa shape index (κ3) is 1.65. The molecule has 1 aliphatic heterocycles. The van der Waals surface area contributed by atoms with Gasteiger partial charge in [0.15, 0.2) is 0 Å². The van der Waals surface area contributed by atoms with E-state index in [1.165, 1.54) is 12.2 Å². The van der Waals surface area contributed by atoms with Crippen molar-refractivity contribution < 1.29 is 19.0 Å². The predicted octanol–water partition coefficient (Wildman–Crippen LogP) is 2.05. The average molecular weight is 251 g/mol. The van der Waals surface area contributed by atoms with E-state index >= 15 is 0 Å². The number of nitriles is 1. The van der Waals surface area contributed by atoms with Crippen molar-refractivity contribution in [1.29, 1.82) is 5.26 Å². The Morgan fingerprint density at radius 3 is 2.89 bits per heavy atom. The molecule has 4 nitrogen and oxygen atoms in total. The molecule has 0 aromatic heterocycles. The molecule has 0 aromatic carbocycles. The predicted molar refractivity (Wildman–Crippen MR) is 61.0 cm³/mol. The molecule has 1 heterocycles. The first-order valence-corrected chi connectivity index (χ1v) is 5.74. The highest BCUT2D eigenvalue weighted by atomic mass is 19.1. The van der Waals surface area contributed by atoms with Crippen molar-refractivity contribution in [1.82, 2.24) is 0 Å². The molecule has 2 aliphatic rings. The van der Waals surface area contributed by atoms with Crippen LogP contribution < -0.4 is 0 Å². The van der Waals surface area contributed by atoms with E-state index in [9.17, 15) is 14.4 Å². The van der Waals surface area contributed by atoms with Gasteiger partial charge in [-0.25, -0.2) is 4.39 Å². The van der Waals surface area contributed by atoms with Crippen LogP contribution in [0.3, 0.4) is 0 Å². The molecular formula is C13H14FNO3. The zero-order valence-corrected chi connectivity index (χ0v) is 10.0. The molecule has 3 unspecified atom stereocenters. The topological polar surface area (TPSA) is 70.3 Å². The second-order valence-corrected chi connectivity index (χ2v) is 4.94. The maximum atomic E-state index is 14.3. The number of nitrogens with zero attached hydrogens (tertiary/aromatic N) is 1. The van der Waals surface area contributed by atoms with Crippen LogP contribution in [-0.2, 0) is 9.53 Å². The second kappa shape index (κ2) is 4.21. The lowest BCUT2D eigenvalue weighted by molar-refractivity contribution is -0.138. The summed E-state index contributed by atoms with van der Waals surface area (Å²) >= 11 is 0. The zero-order valence-electron chi connectivity index (χ0n) is 10.0. The smallest absolute Gasteiger partial charge is 0.314 e. The first-order valence-electron chi connectivity index (χ1n) is 5.74. The van der Waals surface area contributed by atoms with Crippen molar-refractivity contribution in [3.63, 3.8) is 0 Å². The van der Waals surface area contributed by atoms with Gasteiger partial charge in [0.2, 0.25) is 0 Å². The minimum Gasteiger partial charge on any atom is -0.481 e. The van der Waals surface area contributed by atoms with Gasteiger partial charge in [-0.2, -0.15) is 5.26 Å². The number of ether oxygens (including phenoxy) is 1. The quantitative estimate of drug-likeness (QED) is 0.762. The van der Waals surface area contributed by atoms with Crippen LogP contribution in [-0.4, -0.2) is 24.3 Å². The van der Waals surface area contributed by atoms with E-state index in [2.05, 4.69) is 6.07 Å². The van der Waals surface area contributed by atoms with Crippen LogP contribution in [0.1, 0.15) is 13.3 Å². The van der Waals surface area contributed by atoms with E-state index in [-0.39, 0.29) is 6.61 Å². The Bertz CT molecular complexity index is 471. The Balaban J connectivity index is 2.39. The first-order chi connectivity index (χ1) is 8.45. The highest BCUT2D eigenvalue weighted by molar-refractivity contribution is 5.75. The van der Waals surface area contributed by atoms with E-state index in [0.29, 0.717) is 13.0 Å². The first kappa shape index (κ1) is 12.8. The van der Waals surface area contributed by atoms with Gasteiger partial charge in [0.25, 0.3) is 0 Å². The van der Waals surface area contributed by atoms with Gasteiger partial charge in [-0.3, -0.25) is 4.79 Å². The van der Waals surface area contributed by atoms with Crippen LogP contribution in [0.5, 0.6) is 0 Å². The van der Waals surface area contributed by atoms with Crippen LogP contribution >= 0.6 is 0 Å². The number of carboxylic acid groups (broad SMARTS) is 1. The summed E-state index contributed by atoms with van der Waals surface area (Å²) in [6, 6.07) is 2.16. The van der Waals surface area contributed by atoms with Gasteiger partial charge >= 0.3 is 5.97 Å². The van der Waals surface area contributed by atoms with Crippen molar-refractivity contribution in [2.45, 2.75) is 13.3 Å². The van der Waals surface area contributed by atoms with Gasteiger partial charge < -0.3 is 9.84 Å². The number of hydrogen-bond donors (Lipinski definition) is 1. The summed E-state index contributed by atoms with van der Waals surface area (Å²) in [5.41, 5.74) is -2.06. The second-order valence-electron chi connectivity index (χ2n) is 4.94. The van der Waals surface area contributed by atoms with E-state index in [4.69, 9.17) is 9.84 Å². The molecule has 1 fully saturated rings. The number of aliphatic carboxylic acids is 1. The fourth-order valence-corrected chi connectivity index (χ4v) is 2.48. The Hall–Kier alpha value is -1.67. The molecule has 96 valence electrons. The van der Waals surface area contributed by atoms with E-state index < -0.39 is 28.5 Å². The van der Waals surface area contributed by atoms with Gasteiger partial charge in [0.05, 0.1) is 29.4 Å². The minimum atomic E-state index is -1.11. The van der Waals surface area contributed by atoms with Crippen LogP contribution in [0.2, 0.25) is 0 Å². The Labute approximate surface area is 104 Å². The fraction of sp³-hybridized carbons (Fsp3) is 0.538. The number of allylic oxidation sites excluding steroid dienone is 2. The number of rotatable bonds is 2. The molecular weight excluding hydrogens is 237 g/mol. The third-order valence-electron chi connectivity index (χ3n) is 3.97. The lowest BCUT2D eigenvalue weighted by atomic mass is 9.62. The van der Waals surface area contributed by atoms with Crippen molar-refractivity contribution in [3.05, 3.63) is 24.1 Å². The Morgan fingerprint density at radius 2 is 2.44 bits per heavy atom. The summed E-state index contributed by atoms with van der Waals surface area (Å²) in [4.78, 5) is 10.8. The molecule has 18 heavy (non-hydrogen) atoms. The van der Waals surface area contributed by atoms with Gasteiger partial charge in [-0.1, -0.05) is 12.2 Å². The number of carboxylic acids is 1. The van der Waals surface area contributed by atoms with Gasteiger partial charge in [-0.05, 0) is 19.4 Å². The highest BCUT2D eigenvalue weighted by Gasteiger charge is 2.53.